The molecule has 4 heteroatoms. The molecule has 0 aromatic rings. The molecule has 0 aliphatic heterocycles. The Morgan fingerprint density at radius 1 is 1.00 bits per heavy atom. The van der Waals surface area contributed by atoms with E-state index in [1.807, 2.05) is 0 Å². The van der Waals surface area contributed by atoms with Crippen molar-refractivity contribution in [3.63, 3.8) is 0 Å². The monoisotopic (exact) mass is 586 g/mol. The summed E-state index contributed by atoms with van der Waals surface area (Å²) in [5.74, 6) is 0. The molecule has 0 saturated carbocycles. The van der Waals surface area contributed by atoms with E-state index in [9.17, 15) is 0 Å². The van der Waals surface area contributed by atoms with Gasteiger partial charge in [0.1, 0.15) is 0 Å². The Morgan fingerprint density at radius 3 is 1.00 bits per heavy atom. The number of rotatable bonds is 0. The summed E-state index contributed by atoms with van der Waals surface area (Å²) in [6, 6.07) is 0. The van der Waals surface area contributed by atoms with E-state index in [1.165, 1.54) is 0 Å². The molecule has 0 aliphatic carbocycles. The summed E-state index contributed by atoms with van der Waals surface area (Å²) >= 11 is 7.62. The van der Waals surface area contributed by atoms with Crippen LogP contribution in [0.5, 0.6) is 0 Å². The fourth-order valence-electron chi connectivity index (χ4n) is 0. The Labute approximate surface area is 61.0 Å². The van der Waals surface area contributed by atoms with E-state index < -0.39 is 9.82 Å². The van der Waals surface area contributed by atoms with Crippen LogP contribution in [0.4, 0.5) is 0 Å². The van der Waals surface area contributed by atoms with Crippen molar-refractivity contribution < 1.29 is 0 Å². The van der Waals surface area contributed by atoms with Crippen molar-refractivity contribution in [1.82, 2.24) is 0 Å². The van der Waals surface area contributed by atoms with E-state index in [2.05, 4.69) is 53.3 Å². The second-order valence-corrected chi connectivity index (χ2v) is 97.7. The Hall–Kier alpha value is 3.11. The number of hydrogen-bond donors (Lipinski definition) is 0. The van der Waals surface area contributed by atoms with E-state index in [4.69, 9.17) is 0 Å². The van der Waals surface area contributed by atoms with Gasteiger partial charge in [0, 0.05) is 0 Å². The van der Waals surface area contributed by atoms with Gasteiger partial charge in [-0.1, -0.05) is 0 Å². The fraction of sp³-hybridized carbons (Fsp3) is 0. The molecule has 0 radical (unpaired) electrons. The fourth-order valence-corrected chi connectivity index (χ4v) is 0. The summed E-state index contributed by atoms with van der Waals surface area (Å²) < 4.78 is 0. The predicted molar refractivity (Wildman–Crippen MR) is 47.8 cm³/mol. The van der Waals surface area contributed by atoms with Gasteiger partial charge < -0.3 is 0 Å². The summed E-state index contributed by atoms with van der Waals surface area (Å²) in [6.45, 7) is 0. The third-order valence-electron chi connectivity index (χ3n) is 0. The molecule has 0 nitrogen and oxygen atoms in total. The van der Waals surface area contributed by atoms with Gasteiger partial charge in [0.2, 0.25) is 0 Å². The quantitative estimate of drug-likeness (QED) is 0.303. The first-order valence-corrected chi connectivity index (χ1v) is 38.5. The molecule has 0 aromatic carbocycles. The minimum absolute atomic E-state index is 0.812. The molecular formula is I3Tl. The van der Waals surface area contributed by atoms with Crippen LogP contribution in [0.2, 0.25) is 0 Å². The van der Waals surface area contributed by atoms with Gasteiger partial charge in [0.15, 0.2) is 0 Å². The molecule has 0 unspecified atom stereocenters. The van der Waals surface area contributed by atoms with Crippen molar-refractivity contribution in [1.29, 1.82) is 0 Å². The van der Waals surface area contributed by atoms with Crippen LogP contribution < -0.4 is 0 Å². The van der Waals surface area contributed by atoms with E-state index >= 15 is 0 Å². The second-order valence-electron chi connectivity index (χ2n) is 0.247. The molecule has 0 saturated heterocycles. The minimum atomic E-state index is -0.812. The van der Waals surface area contributed by atoms with Gasteiger partial charge in [-0.3, -0.25) is 0 Å². The third kappa shape index (κ3) is 8.93. The van der Waals surface area contributed by atoms with Crippen LogP contribution >= 0.6 is 53.3 Å². The van der Waals surface area contributed by atoms with Gasteiger partial charge in [-0.05, 0) is 0 Å². The molecule has 0 amide bonds. The molecule has 0 fully saturated rings. The normalized spacial score (nSPS) is 6.75. The van der Waals surface area contributed by atoms with Gasteiger partial charge >= 0.3 is 63.1 Å². The van der Waals surface area contributed by atoms with E-state index in [0.29, 0.717) is 0 Å². The first-order chi connectivity index (χ1) is 1.73. The van der Waals surface area contributed by atoms with E-state index in [-0.39, 0.29) is 0 Å². The van der Waals surface area contributed by atoms with E-state index in [1.54, 1.807) is 0 Å². The van der Waals surface area contributed by atoms with Crippen molar-refractivity contribution in [3.8, 4) is 0 Å². The summed E-state index contributed by atoms with van der Waals surface area (Å²) in [5.41, 5.74) is 0. The molecule has 0 heterocycles. The molecular weight excluding hydrogens is 585 g/mol. The van der Waals surface area contributed by atoms with Crippen LogP contribution in [0.15, 0.2) is 0 Å². The molecule has 4 heavy (non-hydrogen) atoms. The van der Waals surface area contributed by atoms with Gasteiger partial charge in [0.05, 0.1) is 0 Å². The number of hydrogen-bond acceptors (Lipinski definition) is 0. The third-order valence-corrected chi connectivity index (χ3v) is 0. The maximum atomic E-state index is 2.54. The Bertz CT molecular complexity index is 8.00. The van der Waals surface area contributed by atoms with Crippen LogP contribution in [-0.2, 0) is 0 Å². The molecule has 0 rings (SSSR count). The Kier molecular flexibility index (Phi) is 7.60. The van der Waals surface area contributed by atoms with Crippen LogP contribution in [0.3, 0.4) is 0 Å². The van der Waals surface area contributed by atoms with Crippen LogP contribution in [0.1, 0.15) is 0 Å². The van der Waals surface area contributed by atoms with Crippen molar-refractivity contribution >= 4 is 63.1 Å². The van der Waals surface area contributed by atoms with Gasteiger partial charge in [-0.2, -0.15) is 0 Å². The zero-order valence-corrected chi connectivity index (χ0v) is 12.7. The van der Waals surface area contributed by atoms with Crippen molar-refractivity contribution in [2.45, 2.75) is 0 Å². The second kappa shape index (κ2) is 4.28. The van der Waals surface area contributed by atoms with Gasteiger partial charge in [-0.15, -0.1) is 0 Å². The van der Waals surface area contributed by atoms with Crippen LogP contribution in [0.25, 0.3) is 0 Å². The van der Waals surface area contributed by atoms with Crippen LogP contribution in [-0.4, -0.2) is 9.82 Å². The summed E-state index contributed by atoms with van der Waals surface area (Å²) in [7, 11) is -0.812. The summed E-state index contributed by atoms with van der Waals surface area (Å²) in [5, 5.41) is 0. The molecule has 0 N–H and O–H groups in total. The Morgan fingerprint density at radius 2 is 1.00 bits per heavy atom. The number of halogens is 3. The first-order valence-electron chi connectivity index (χ1n) is 0.655. The average Bonchev–Trinajstić information content (AvgIpc) is 0.811. The molecule has 0 spiro atoms. The van der Waals surface area contributed by atoms with Crippen molar-refractivity contribution in [2.75, 3.05) is 0 Å². The standard InChI is InChI=1S/3HI.Tl/h3*1H;/q;;;+3/p-3. The van der Waals surface area contributed by atoms with Gasteiger partial charge in [-0.25, -0.2) is 0 Å². The maximum absolute atomic E-state index is 2.54. The average molecular weight is 585 g/mol. The SMILES string of the molecule is [I][Tl]([I])[I]. The van der Waals surface area contributed by atoms with Crippen LogP contribution in [0, 0.1) is 0 Å². The zero-order chi connectivity index (χ0) is 3.58. The molecule has 0 atom stereocenters. The van der Waals surface area contributed by atoms with Gasteiger partial charge in [0.25, 0.3) is 0 Å². The first kappa shape index (κ1) is 7.11. The molecule has 0 aliphatic rings. The predicted octanol–water partition coefficient (Wildman–Crippen LogP) is 2.28. The van der Waals surface area contributed by atoms with E-state index in [0.717, 1.165) is 0 Å². The zero-order valence-electron chi connectivity index (χ0n) is 1.71. The topological polar surface area (TPSA) is 0 Å². The van der Waals surface area contributed by atoms with Crippen molar-refractivity contribution in [2.24, 2.45) is 0 Å². The molecule has 24 valence electrons. The molecule has 0 aromatic heterocycles. The Balaban J connectivity index is 2.32. The van der Waals surface area contributed by atoms with Crippen molar-refractivity contribution in [3.05, 3.63) is 0 Å². The summed E-state index contributed by atoms with van der Waals surface area (Å²) in [6.07, 6.45) is 0. The molecule has 0 bridgehead atoms. The summed E-state index contributed by atoms with van der Waals surface area (Å²) in [4.78, 5) is 0.